The summed E-state index contributed by atoms with van der Waals surface area (Å²) in [5.74, 6) is -4.43. The van der Waals surface area contributed by atoms with Crippen LogP contribution in [0.15, 0.2) is 16.6 Å². The van der Waals surface area contributed by atoms with Crippen molar-refractivity contribution in [1.29, 1.82) is 0 Å². The lowest BCUT2D eigenvalue weighted by Gasteiger charge is -2.09. The number of esters is 1. The molecule has 0 saturated carbocycles. The number of aliphatic hydroxyl groups excluding tert-OH is 1. The molecular weight excluding hydrogens is 220 g/mol. The molecule has 0 spiro atoms. The van der Waals surface area contributed by atoms with Gasteiger partial charge in [0.15, 0.2) is 0 Å². The lowest BCUT2D eigenvalue weighted by molar-refractivity contribution is -0.167. The normalized spacial score (nSPS) is 12.1. The van der Waals surface area contributed by atoms with Gasteiger partial charge < -0.3 is 29.6 Å². The third-order valence-electron chi connectivity index (χ3n) is 1.66. The quantitative estimate of drug-likeness (QED) is 0.339. The Hall–Kier alpha value is -2.15. The highest BCUT2D eigenvalue weighted by molar-refractivity contribution is 5.87. The third-order valence-corrected chi connectivity index (χ3v) is 1.66. The van der Waals surface area contributed by atoms with Crippen LogP contribution in [0, 0.1) is 0 Å². The molecule has 0 aromatic carbocycles. The second kappa shape index (κ2) is 4.15. The molecule has 0 saturated heterocycles. The van der Waals surface area contributed by atoms with Crippen LogP contribution in [0.2, 0.25) is 0 Å². The van der Waals surface area contributed by atoms with Crippen molar-refractivity contribution in [2.24, 2.45) is 0 Å². The van der Waals surface area contributed by atoms with E-state index in [9.17, 15) is 9.90 Å². The van der Waals surface area contributed by atoms with Crippen molar-refractivity contribution in [3.05, 3.63) is 17.9 Å². The minimum atomic E-state index is -1.95. The number of ether oxygens (including phenoxy) is 1. The van der Waals surface area contributed by atoms with Crippen LogP contribution in [0.4, 0.5) is 0 Å². The summed E-state index contributed by atoms with van der Waals surface area (Å²) in [4.78, 5) is 11.0. The van der Waals surface area contributed by atoms with Gasteiger partial charge in [-0.3, -0.25) is 0 Å². The van der Waals surface area contributed by atoms with E-state index in [1.807, 2.05) is 0 Å². The fourth-order valence-electron chi connectivity index (χ4n) is 0.842. The molecule has 1 rings (SSSR count). The van der Waals surface area contributed by atoms with E-state index >= 15 is 0 Å². The summed E-state index contributed by atoms with van der Waals surface area (Å²) in [5, 5.41) is 36.3. The van der Waals surface area contributed by atoms with Gasteiger partial charge in [-0.25, -0.2) is 4.79 Å². The molecule has 0 aliphatic carbocycles. The van der Waals surface area contributed by atoms with E-state index in [0.717, 1.165) is 0 Å². The molecule has 88 valence electrons. The maximum Gasteiger partial charge on any atom is 0.335 e. The van der Waals surface area contributed by atoms with Crippen LogP contribution in [-0.2, 0) is 9.53 Å². The van der Waals surface area contributed by atoms with E-state index in [4.69, 9.17) is 15.3 Å². The van der Waals surface area contributed by atoms with Crippen molar-refractivity contribution >= 4 is 5.97 Å². The second-order valence-corrected chi connectivity index (χ2v) is 3.01. The van der Waals surface area contributed by atoms with Gasteiger partial charge in [0.1, 0.15) is 0 Å². The molecule has 4 N–H and O–H groups in total. The van der Waals surface area contributed by atoms with Gasteiger partial charge in [0.2, 0.25) is 17.3 Å². The molecule has 0 amide bonds. The van der Waals surface area contributed by atoms with Gasteiger partial charge in [-0.05, 0) is 6.92 Å². The van der Waals surface area contributed by atoms with Crippen molar-refractivity contribution in [2.45, 2.75) is 13.2 Å². The van der Waals surface area contributed by atoms with E-state index < -0.39 is 35.5 Å². The van der Waals surface area contributed by atoms with E-state index in [2.05, 4.69) is 15.7 Å². The Balaban J connectivity index is 2.89. The van der Waals surface area contributed by atoms with Crippen LogP contribution in [0.5, 0.6) is 17.4 Å². The summed E-state index contributed by atoms with van der Waals surface area (Å²) < 4.78 is 8.77. The molecule has 1 atom stereocenters. The monoisotopic (exact) mass is 230 g/mol. The van der Waals surface area contributed by atoms with Gasteiger partial charge in [-0.2, -0.15) is 0 Å². The lowest BCUT2D eigenvalue weighted by atomic mass is 10.3. The molecule has 1 aromatic rings. The Morgan fingerprint density at radius 3 is 2.31 bits per heavy atom. The highest BCUT2D eigenvalue weighted by atomic mass is 16.6. The first-order chi connectivity index (χ1) is 7.34. The molecule has 1 aromatic heterocycles. The summed E-state index contributed by atoms with van der Waals surface area (Å²) in [6.07, 6.45) is -1.95. The summed E-state index contributed by atoms with van der Waals surface area (Å²) in [6, 6.07) is 0. The van der Waals surface area contributed by atoms with Crippen LogP contribution >= 0.6 is 0 Å². The Kier molecular flexibility index (Phi) is 3.09. The maximum absolute atomic E-state index is 11.0. The zero-order valence-electron chi connectivity index (χ0n) is 8.30. The Morgan fingerprint density at radius 2 is 1.94 bits per heavy atom. The van der Waals surface area contributed by atoms with Crippen molar-refractivity contribution in [3.63, 3.8) is 0 Å². The molecule has 7 nitrogen and oxygen atoms in total. The van der Waals surface area contributed by atoms with Crippen molar-refractivity contribution < 1.29 is 34.4 Å². The fourth-order valence-corrected chi connectivity index (χ4v) is 0.842. The first-order valence-corrected chi connectivity index (χ1v) is 4.12. The number of carbonyl (C=O) groups is 1. The standard InChI is InChI=1S/C9H10O7/c1-3(2)7(12)16-9(14)6-4(10)5(11)8(13)15-6/h9-11,13-14H,1H2,2H3. The van der Waals surface area contributed by atoms with Crippen molar-refractivity contribution in [3.8, 4) is 17.4 Å². The highest BCUT2D eigenvalue weighted by Crippen LogP contribution is 2.43. The fraction of sp³-hybridized carbons (Fsp3) is 0.222. The highest BCUT2D eigenvalue weighted by Gasteiger charge is 2.27. The number of furan rings is 1. The molecule has 0 fully saturated rings. The van der Waals surface area contributed by atoms with Gasteiger partial charge in [0, 0.05) is 5.57 Å². The van der Waals surface area contributed by atoms with Gasteiger partial charge in [0.25, 0.3) is 6.29 Å². The smallest absolute Gasteiger partial charge is 0.335 e. The lowest BCUT2D eigenvalue weighted by Crippen LogP contribution is -2.10. The minimum absolute atomic E-state index is 0.0264. The van der Waals surface area contributed by atoms with Gasteiger partial charge in [-0.15, -0.1) is 0 Å². The van der Waals surface area contributed by atoms with E-state index in [0.29, 0.717) is 0 Å². The summed E-state index contributed by atoms with van der Waals surface area (Å²) >= 11 is 0. The predicted molar refractivity (Wildman–Crippen MR) is 49.6 cm³/mol. The van der Waals surface area contributed by atoms with Crippen LogP contribution in [0.3, 0.4) is 0 Å². The van der Waals surface area contributed by atoms with Crippen LogP contribution in [0.25, 0.3) is 0 Å². The predicted octanol–water partition coefficient (Wildman–Crippen LogP) is 0.507. The first-order valence-electron chi connectivity index (χ1n) is 4.12. The van der Waals surface area contributed by atoms with Crippen LogP contribution < -0.4 is 0 Å². The van der Waals surface area contributed by atoms with E-state index in [-0.39, 0.29) is 5.57 Å². The molecule has 0 bridgehead atoms. The van der Waals surface area contributed by atoms with Crippen molar-refractivity contribution in [2.75, 3.05) is 0 Å². The topological polar surface area (TPSA) is 120 Å². The molecule has 1 unspecified atom stereocenters. The molecule has 0 aliphatic heterocycles. The Morgan fingerprint density at radius 1 is 1.38 bits per heavy atom. The van der Waals surface area contributed by atoms with Gasteiger partial charge >= 0.3 is 11.9 Å². The Labute approximate surface area is 89.8 Å². The molecular formula is C9H10O7. The molecule has 0 aliphatic rings. The number of aliphatic hydroxyl groups is 1. The second-order valence-electron chi connectivity index (χ2n) is 3.01. The number of hydrogen-bond acceptors (Lipinski definition) is 7. The third kappa shape index (κ3) is 2.09. The van der Waals surface area contributed by atoms with Crippen molar-refractivity contribution in [1.82, 2.24) is 0 Å². The first kappa shape index (κ1) is 11.9. The molecule has 7 heteroatoms. The summed E-state index contributed by atoms with van der Waals surface area (Å²) in [7, 11) is 0. The number of hydrogen-bond donors (Lipinski definition) is 4. The SMILES string of the molecule is C=C(C)C(=O)OC(O)c1oc(O)c(O)c1O. The maximum atomic E-state index is 11.0. The molecule has 0 radical (unpaired) electrons. The van der Waals surface area contributed by atoms with Crippen LogP contribution in [0.1, 0.15) is 19.0 Å². The van der Waals surface area contributed by atoms with Gasteiger partial charge in [-0.1, -0.05) is 6.58 Å². The van der Waals surface area contributed by atoms with E-state index in [1.165, 1.54) is 6.92 Å². The zero-order valence-corrected chi connectivity index (χ0v) is 8.30. The van der Waals surface area contributed by atoms with Gasteiger partial charge in [0.05, 0.1) is 0 Å². The molecule has 16 heavy (non-hydrogen) atoms. The number of aromatic hydroxyl groups is 3. The summed E-state index contributed by atoms with van der Waals surface area (Å²) in [6.45, 7) is 4.62. The minimum Gasteiger partial charge on any atom is -0.502 e. The average Bonchev–Trinajstić information content (AvgIpc) is 2.45. The number of rotatable bonds is 3. The zero-order chi connectivity index (χ0) is 12.5. The van der Waals surface area contributed by atoms with E-state index in [1.54, 1.807) is 0 Å². The summed E-state index contributed by atoms with van der Waals surface area (Å²) in [5.41, 5.74) is 0.0264. The average molecular weight is 230 g/mol. The molecule has 1 heterocycles. The Bertz CT molecular complexity index is 431. The number of carbonyl (C=O) groups excluding carboxylic acids is 1. The van der Waals surface area contributed by atoms with Crippen LogP contribution in [-0.4, -0.2) is 26.4 Å². The largest absolute Gasteiger partial charge is 0.502 e.